The van der Waals surface area contributed by atoms with Gasteiger partial charge in [0, 0.05) is 23.3 Å². The number of carbonyl (C=O) groups excluding carboxylic acids is 1. The number of esters is 1. The minimum absolute atomic E-state index is 0.177. The fraction of sp³-hybridized carbons (Fsp3) is 0.304. The molecule has 1 heterocycles. The third-order valence-electron chi connectivity index (χ3n) is 4.81. The van der Waals surface area contributed by atoms with Crippen molar-refractivity contribution in [2.24, 2.45) is 0 Å². The van der Waals surface area contributed by atoms with Gasteiger partial charge in [-0.2, -0.15) is 5.10 Å². The Labute approximate surface area is 181 Å². The van der Waals surface area contributed by atoms with Gasteiger partial charge in [-0.25, -0.2) is 4.79 Å². The first-order valence-corrected chi connectivity index (χ1v) is 10.0. The summed E-state index contributed by atoms with van der Waals surface area (Å²) in [7, 11) is 3.23. The summed E-state index contributed by atoms with van der Waals surface area (Å²) in [5, 5.41) is 8.57. The predicted molar refractivity (Wildman–Crippen MR) is 119 cm³/mol. The first-order chi connectivity index (χ1) is 14.3. The van der Waals surface area contributed by atoms with Gasteiger partial charge < -0.3 is 14.8 Å². The van der Waals surface area contributed by atoms with Crippen LogP contribution in [0.5, 0.6) is 0 Å². The third-order valence-corrected chi connectivity index (χ3v) is 5.18. The van der Waals surface area contributed by atoms with Gasteiger partial charge in [-0.3, -0.25) is 4.68 Å². The maximum absolute atomic E-state index is 11.9. The molecule has 0 aliphatic carbocycles. The minimum Gasteiger partial charge on any atom is -0.467 e. The predicted octanol–water partition coefficient (Wildman–Crippen LogP) is 4.76. The summed E-state index contributed by atoms with van der Waals surface area (Å²) in [5.41, 5.74) is 3.57. The van der Waals surface area contributed by atoms with Crippen LogP contribution in [0.3, 0.4) is 0 Å². The second-order valence-electron chi connectivity index (χ2n) is 7.39. The van der Waals surface area contributed by atoms with Crippen molar-refractivity contribution in [3.8, 4) is 11.3 Å². The van der Waals surface area contributed by atoms with E-state index >= 15 is 0 Å². The van der Waals surface area contributed by atoms with Crippen molar-refractivity contribution in [2.75, 3.05) is 19.5 Å². The number of aromatic nitrogens is 2. The molecule has 0 radical (unpaired) electrons. The molecule has 3 rings (SSSR count). The summed E-state index contributed by atoms with van der Waals surface area (Å²) in [6.07, 6.45) is 0. The van der Waals surface area contributed by atoms with Gasteiger partial charge >= 0.3 is 5.97 Å². The lowest BCUT2D eigenvalue weighted by atomic mass is 10.1. The Hall–Kier alpha value is -2.83. The number of nitrogens with zero attached hydrogens (tertiary/aromatic N) is 2. The van der Waals surface area contributed by atoms with E-state index in [2.05, 4.69) is 11.4 Å². The standard InChI is InChI=1S/C23H26ClN3O3/c1-23(2,22(28)29-4)30-15-19-13-21(16-9-7-10-18(12-16)25-3)27(26-19)14-17-8-5-6-11-20(17)24/h5-13,25H,14-15H2,1-4H3. The van der Waals surface area contributed by atoms with Gasteiger partial charge in [-0.1, -0.05) is 41.9 Å². The van der Waals surface area contributed by atoms with E-state index in [-0.39, 0.29) is 6.61 Å². The molecule has 7 heteroatoms. The van der Waals surface area contributed by atoms with E-state index in [4.69, 9.17) is 26.2 Å². The van der Waals surface area contributed by atoms with Crippen LogP contribution >= 0.6 is 11.6 Å². The number of carbonyl (C=O) groups is 1. The Morgan fingerprint density at radius 3 is 2.63 bits per heavy atom. The highest BCUT2D eigenvalue weighted by Crippen LogP contribution is 2.27. The number of ether oxygens (including phenoxy) is 2. The van der Waals surface area contributed by atoms with E-state index in [0.717, 1.165) is 22.5 Å². The fourth-order valence-corrected chi connectivity index (χ4v) is 3.27. The van der Waals surface area contributed by atoms with Crippen molar-refractivity contribution in [1.82, 2.24) is 9.78 Å². The summed E-state index contributed by atoms with van der Waals surface area (Å²) in [4.78, 5) is 11.9. The third kappa shape index (κ3) is 5.01. The normalized spacial score (nSPS) is 11.4. The molecule has 0 aliphatic heterocycles. The van der Waals surface area contributed by atoms with E-state index in [9.17, 15) is 4.79 Å². The lowest BCUT2D eigenvalue weighted by molar-refractivity contribution is -0.166. The Morgan fingerprint density at radius 2 is 1.93 bits per heavy atom. The molecular weight excluding hydrogens is 402 g/mol. The van der Waals surface area contributed by atoms with Crippen LogP contribution in [0, 0.1) is 0 Å². The van der Waals surface area contributed by atoms with Crippen LogP contribution in [0.2, 0.25) is 5.02 Å². The highest BCUT2D eigenvalue weighted by molar-refractivity contribution is 6.31. The molecule has 6 nitrogen and oxygen atoms in total. The van der Waals surface area contributed by atoms with Crippen LogP contribution in [0.25, 0.3) is 11.3 Å². The number of rotatable bonds is 8. The van der Waals surface area contributed by atoms with Gasteiger partial charge in [0.25, 0.3) is 0 Å². The molecule has 0 saturated carbocycles. The molecule has 2 aromatic carbocycles. The number of anilines is 1. The molecule has 0 fully saturated rings. The van der Waals surface area contributed by atoms with Crippen LogP contribution < -0.4 is 5.32 Å². The van der Waals surface area contributed by atoms with Gasteiger partial charge in [0.1, 0.15) is 0 Å². The molecule has 1 N–H and O–H groups in total. The quantitative estimate of drug-likeness (QED) is 0.525. The van der Waals surface area contributed by atoms with Crippen LogP contribution in [0.4, 0.5) is 5.69 Å². The van der Waals surface area contributed by atoms with Gasteiger partial charge in [0.2, 0.25) is 0 Å². The highest BCUT2D eigenvalue weighted by atomic mass is 35.5. The number of halogens is 1. The number of hydrogen-bond donors (Lipinski definition) is 1. The molecule has 3 aromatic rings. The van der Waals surface area contributed by atoms with Crippen molar-refractivity contribution in [3.05, 3.63) is 70.9 Å². The van der Waals surface area contributed by atoms with Crippen LogP contribution in [0.15, 0.2) is 54.6 Å². The lowest BCUT2D eigenvalue weighted by Gasteiger charge is -2.21. The van der Waals surface area contributed by atoms with Crippen LogP contribution in [-0.2, 0) is 27.4 Å². The molecule has 0 aliphatic rings. The smallest absolute Gasteiger partial charge is 0.337 e. The average molecular weight is 428 g/mol. The molecule has 30 heavy (non-hydrogen) atoms. The van der Waals surface area contributed by atoms with E-state index in [0.29, 0.717) is 17.3 Å². The van der Waals surface area contributed by atoms with E-state index in [1.807, 2.05) is 60.3 Å². The zero-order valence-corrected chi connectivity index (χ0v) is 18.4. The summed E-state index contributed by atoms with van der Waals surface area (Å²) < 4.78 is 12.5. The first kappa shape index (κ1) is 21.9. The largest absolute Gasteiger partial charge is 0.467 e. The maximum atomic E-state index is 11.9. The molecular formula is C23H26ClN3O3. The van der Waals surface area contributed by atoms with Gasteiger partial charge in [0.05, 0.1) is 31.6 Å². The second kappa shape index (κ2) is 9.32. The topological polar surface area (TPSA) is 65.4 Å². The molecule has 0 atom stereocenters. The van der Waals surface area contributed by atoms with Crippen LogP contribution in [-0.4, -0.2) is 35.5 Å². The van der Waals surface area contributed by atoms with E-state index in [1.54, 1.807) is 13.8 Å². The summed E-state index contributed by atoms with van der Waals surface area (Å²) in [5.74, 6) is -0.431. The van der Waals surface area contributed by atoms with Crippen molar-refractivity contribution in [2.45, 2.75) is 32.6 Å². The summed E-state index contributed by atoms with van der Waals surface area (Å²) >= 11 is 6.37. The fourth-order valence-electron chi connectivity index (χ4n) is 3.07. The number of hydrogen-bond acceptors (Lipinski definition) is 5. The molecule has 0 amide bonds. The lowest BCUT2D eigenvalue weighted by Crippen LogP contribution is -2.35. The minimum atomic E-state index is -1.06. The molecule has 0 saturated heterocycles. The van der Waals surface area contributed by atoms with Crippen molar-refractivity contribution >= 4 is 23.3 Å². The SMILES string of the molecule is CNc1cccc(-c2cc(COC(C)(C)C(=O)OC)nn2Cc2ccccc2Cl)c1. The van der Waals surface area contributed by atoms with Crippen LogP contribution in [0.1, 0.15) is 25.1 Å². The molecule has 0 bridgehead atoms. The van der Waals surface area contributed by atoms with Crippen molar-refractivity contribution < 1.29 is 14.3 Å². The zero-order chi connectivity index (χ0) is 21.7. The van der Waals surface area contributed by atoms with Crippen molar-refractivity contribution in [1.29, 1.82) is 0 Å². The first-order valence-electron chi connectivity index (χ1n) is 9.64. The average Bonchev–Trinajstić information content (AvgIpc) is 3.16. The van der Waals surface area contributed by atoms with Gasteiger partial charge in [-0.15, -0.1) is 0 Å². The Morgan fingerprint density at radius 1 is 1.17 bits per heavy atom. The monoisotopic (exact) mass is 427 g/mol. The Balaban J connectivity index is 1.94. The summed E-state index contributed by atoms with van der Waals surface area (Å²) in [6.45, 7) is 4.04. The van der Waals surface area contributed by atoms with Crippen molar-refractivity contribution in [3.63, 3.8) is 0 Å². The van der Waals surface area contributed by atoms with E-state index in [1.165, 1.54) is 7.11 Å². The Kier molecular flexibility index (Phi) is 6.80. The van der Waals surface area contributed by atoms with Gasteiger partial charge in [0.15, 0.2) is 5.60 Å². The number of methoxy groups -OCH3 is 1. The number of nitrogens with one attached hydrogen (secondary N) is 1. The van der Waals surface area contributed by atoms with Gasteiger partial charge in [-0.05, 0) is 43.7 Å². The second-order valence-corrected chi connectivity index (χ2v) is 7.80. The molecule has 0 unspecified atom stereocenters. The maximum Gasteiger partial charge on any atom is 0.337 e. The zero-order valence-electron chi connectivity index (χ0n) is 17.6. The summed E-state index contributed by atoms with van der Waals surface area (Å²) in [6, 6.07) is 17.8. The molecule has 1 aromatic heterocycles. The molecule has 158 valence electrons. The van der Waals surface area contributed by atoms with E-state index < -0.39 is 11.6 Å². The Bertz CT molecular complexity index is 1030. The highest BCUT2D eigenvalue weighted by Gasteiger charge is 2.30. The molecule has 0 spiro atoms. The number of benzene rings is 2.